The first-order valence-electron chi connectivity index (χ1n) is 6.30. The van der Waals surface area contributed by atoms with Crippen LogP contribution in [0.5, 0.6) is 0 Å². The summed E-state index contributed by atoms with van der Waals surface area (Å²) < 4.78 is 4.88. The Morgan fingerprint density at radius 2 is 2.11 bits per heavy atom. The van der Waals surface area contributed by atoms with Gasteiger partial charge in [-0.15, -0.1) is 0 Å². The van der Waals surface area contributed by atoms with E-state index in [0.717, 1.165) is 0 Å². The molecule has 0 bridgehead atoms. The number of amides is 2. The van der Waals surface area contributed by atoms with Crippen LogP contribution in [0.15, 0.2) is 4.52 Å². The van der Waals surface area contributed by atoms with Crippen LogP contribution in [0.2, 0.25) is 0 Å². The Labute approximate surface area is 111 Å². The van der Waals surface area contributed by atoms with Crippen molar-refractivity contribution in [2.24, 2.45) is 5.92 Å². The Morgan fingerprint density at radius 3 is 2.63 bits per heavy atom. The van der Waals surface area contributed by atoms with E-state index in [4.69, 9.17) is 4.52 Å². The van der Waals surface area contributed by atoms with E-state index < -0.39 is 12.1 Å². The third kappa shape index (κ3) is 2.59. The summed E-state index contributed by atoms with van der Waals surface area (Å²) >= 11 is 0. The largest absolute Gasteiger partial charge is 0.342 e. The molecule has 7 heteroatoms. The highest BCUT2D eigenvalue weighted by atomic mass is 16.5. The number of nitrogens with zero attached hydrogens (tertiary/aromatic N) is 3. The summed E-state index contributed by atoms with van der Waals surface area (Å²) in [5, 5.41) is 6.50. The molecule has 0 spiro atoms. The third-order valence-corrected chi connectivity index (χ3v) is 3.24. The molecule has 1 aliphatic rings. The summed E-state index contributed by atoms with van der Waals surface area (Å²) in [7, 11) is 0. The second kappa shape index (κ2) is 4.99. The van der Waals surface area contributed by atoms with Crippen molar-refractivity contribution in [1.82, 2.24) is 20.4 Å². The lowest BCUT2D eigenvalue weighted by molar-refractivity contribution is -0.150. The molecule has 7 nitrogen and oxygen atoms in total. The van der Waals surface area contributed by atoms with Crippen LogP contribution < -0.4 is 5.32 Å². The van der Waals surface area contributed by atoms with Gasteiger partial charge in [-0.1, -0.05) is 19.0 Å². The Bertz CT molecular complexity index is 497. The Morgan fingerprint density at radius 1 is 1.42 bits per heavy atom. The minimum atomic E-state index is -0.527. The average Bonchev–Trinajstić information content (AvgIpc) is 2.74. The first kappa shape index (κ1) is 13.5. The van der Waals surface area contributed by atoms with Gasteiger partial charge in [0.25, 0.3) is 0 Å². The average molecular weight is 266 g/mol. The van der Waals surface area contributed by atoms with Crippen LogP contribution in [-0.2, 0) is 16.1 Å². The lowest BCUT2D eigenvalue weighted by Crippen LogP contribution is -2.63. The van der Waals surface area contributed by atoms with Gasteiger partial charge in [-0.3, -0.25) is 9.59 Å². The first-order valence-corrected chi connectivity index (χ1v) is 6.30. The van der Waals surface area contributed by atoms with E-state index in [-0.39, 0.29) is 24.3 Å². The summed E-state index contributed by atoms with van der Waals surface area (Å²) in [5.41, 5.74) is 0. The lowest BCUT2D eigenvalue weighted by Gasteiger charge is -2.38. The molecular weight excluding hydrogens is 248 g/mol. The van der Waals surface area contributed by atoms with Crippen molar-refractivity contribution in [3.05, 3.63) is 11.7 Å². The summed E-state index contributed by atoms with van der Waals surface area (Å²) in [4.78, 5) is 29.8. The second-order valence-corrected chi connectivity index (χ2v) is 5.10. The maximum absolute atomic E-state index is 12.4. The zero-order valence-electron chi connectivity index (χ0n) is 11.5. The first-order chi connectivity index (χ1) is 8.90. The number of carbonyl (C=O) groups excluding carboxylic acids is 2. The van der Waals surface area contributed by atoms with E-state index in [0.29, 0.717) is 11.7 Å². The van der Waals surface area contributed by atoms with Gasteiger partial charge in [-0.05, 0) is 12.8 Å². The van der Waals surface area contributed by atoms with Crippen LogP contribution in [0.3, 0.4) is 0 Å². The van der Waals surface area contributed by atoms with Crippen LogP contribution in [0.1, 0.15) is 32.5 Å². The van der Waals surface area contributed by atoms with Crippen molar-refractivity contribution in [2.45, 2.75) is 46.3 Å². The molecule has 1 saturated heterocycles. The second-order valence-electron chi connectivity index (χ2n) is 5.10. The van der Waals surface area contributed by atoms with Crippen molar-refractivity contribution in [1.29, 1.82) is 0 Å². The minimum absolute atomic E-state index is 0.0402. The van der Waals surface area contributed by atoms with Crippen LogP contribution in [0, 0.1) is 12.8 Å². The van der Waals surface area contributed by atoms with Gasteiger partial charge in [-0.2, -0.15) is 4.98 Å². The maximum Gasteiger partial charge on any atom is 0.246 e. The summed E-state index contributed by atoms with van der Waals surface area (Å²) in [6.45, 7) is 7.36. The molecular formula is C12H18N4O3. The summed E-state index contributed by atoms with van der Waals surface area (Å²) in [6, 6.07) is -1.02. The fourth-order valence-corrected chi connectivity index (χ4v) is 2.07. The van der Waals surface area contributed by atoms with Gasteiger partial charge in [0.05, 0.1) is 6.54 Å². The van der Waals surface area contributed by atoms with E-state index in [1.165, 1.54) is 4.90 Å². The number of carbonyl (C=O) groups is 2. The highest BCUT2D eigenvalue weighted by molar-refractivity contribution is 5.96. The van der Waals surface area contributed by atoms with E-state index in [9.17, 15) is 9.59 Å². The van der Waals surface area contributed by atoms with Crippen molar-refractivity contribution < 1.29 is 14.1 Å². The zero-order valence-corrected chi connectivity index (χ0v) is 11.5. The van der Waals surface area contributed by atoms with Crippen LogP contribution in [-0.4, -0.2) is 38.9 Å². The molecule has 1 aromatic heterocycles. The monoisotopic (exact) mass is 266 g/mol. The molecule has 104 valence electrons. The predicted molar refractivity (Wildman–Crippen MR) is 65.8 cm³/mol. The summed E-state index contributed by atoms with van der Waals surface area (Å²) in [5.74, 6) is 0.633. The van der Waals surface area contributed by atoms with Crippen molar-refractivity contribution in [3.63, 3.8) is 0 Å². The molecule has 1 fully saturated rings. The van der Waals surface area contributed by atoms with Crippen LogP contribution in [0.4, 0.5) is 0 Å². The number of nitrogens with one attached hydrogen (secondary N) is 1. The SMILES string of the molecule is Cc1nc(CN2C(=O)C(C(C)C)NC(=O)C2C)no1. The topological polar surface area (TPSA) is 88.3 Å². The third-order valence-electron chi connectivity index (χ3n) is 3.24. The predicted octanol–water partition coefficient (Wildman–Crippen LogP) is 0.250. The van der Waals surface area contributed by atoms with Crippen molar-refractivity contribution >= 4 is 11.8 Å². The smallest absolute Gasteiger partial charge is 0.246 e. The number of hydrogen-bond acceptors (Lipinski definition) is 5. The Hall–Kier alpha value is -1.92. The molecule has 2 unspecified atom stereocenters. The van der Waals surface area contributed by atoms with E-state index in [2.05, 4.69) is 15.5 Å². The van der Waals surface area contributed by atoms with Crippen LogP contribution >= 0.6 is 0 Å². The van der Waals surface area contributed by atoms with E-state index in [1.807, 2.05) is 13.8 Å². The van der Waals surface area contributed by atoms with Gasteiger partial charge in [0, 0.05) is 6.92 Å². The molecule has 0 aliphatic carbocycles. The maximum atomic E-state index is 12.4. The van der Waals surface area contributed by atoms with E-state index >= 15 is 0 Å². The van der Waals surface area contributed by atoms with Gasteiger partial charge >= 0.3 is 0 Å². The normalized spacial score (nSPS) is 23.9. The number of rotatable bonds is 3. The molecule has 2 amide bonds. The van der Waals surface area contributed by atoms with Crippen LogP contribution in [0.25, 0.3) is 0 Å². The highest BCUT2D eigenvalue weighted by Crippen LogP contribution is 2.17. The Kier molecular flexibility index (Phi) is 3.55. The number of hydrogen-bond donors (Lipinski definition) is 1. The van der Waals surface area contributed by atoms with E-state index in [1.54, 1.807) is 13.8 Å². The quantitative estimate of drug-likeness (QED) is 0.847. The molecule has 1 N–H and O–H groups in total. The van der Waals surface area contributed by atoms with Gasteiger partial charge < -0.3 is 14.7 Å². The summed E-state index contributed by atoms with van der Waals surface area (Å²) in [6.07, 6.45) is 0. The highest BCUT2D eigenvalue weighted by Gasteiger charge is 2.39. The number of aryl methyl sites for hydroxylation is 1. The molecule has 0 radical (unpaired) electrons. The molecule has 2 atom stereocenters. The molecule has 1 aliphatic heterocycles. The fourth-order valence-electron chi connectivity index (χ4n) is 2.07. The van der Waals surface area contributed by atoms with Gasteiger partial charge in [-0.25, -0.2) is 0 Å². The lowest BCUT2D eigenvalue weighted by atomic mass is 9.98. The Balaban J connectivity index is 2.20. The molecule has 19 heavy (non-hydrogen) atoms. The van der Waals surface area contributed by atoms with Gasteiger partial charge in [0.2, 0.25) is 17.7 Å². The molecule has 2 rings (SSSR count). The molecule has 0 aromatic carbocycles. The molecule has 1 aromatic rings. The van der Waals surface area contributed by atoms with Crippen molar-refractivity contribution in [2.75, 3.05) is 0 Å². The fraction of sp³-hybridized carbons (Fsp3) is 0.667. The van der Waals surface area contributed by atoms with Gasteiger partial charge in [0.1, 0.15) is 12.1 Å². The molecule has 0 saturated carbocycles. The van der Waals surface area contributed by atoms with Gasteiger partial charge in [0.15, 0.2) is 5.82 Å². The van der Waals surface area contributed by atoms with Crippen molar-refractivity contribution in [3.8, 4) is 0 Å². The molecule has 2 heterocycles. The number of piperazine rings is 1. The number of aromatic nitrogens is 2. The zero-order chi connectivity index (χ0) is 14.2. The minimum Gasteiger partial charge on any atom is -0.342 e. The standard InChI is InChI=1S/C12H18N4O3/c1-6(2)10-12(18)16(7(3)11(17)14-10)5-9-13-8(4)19-15-9/h6-7,10H,5H2,1-4H3,(H,14,17).